The minimum atomic E-state index is -0.137. The van der Waals surface area contributed by atoms with E-state index in [0.29, 0.717) is 26.1 Å². The molecule has 1 fully saturated rings. The maximum absolute atomic E-state index is 13.8. The third-order valence-electron chi connectivity index (χ3n) is 6.78. The van der Waals surface area contributed by atoms with Crippen molar-refractivity contribution < 1.29 is 14.3 Å². The van der Waals surface area contributed by atoms with E-state index >= 15 is 0 Å². The zero-order valence-corrected chi connectivity index (χ0v) is 23.9. The molecule has 36 heavy (non-hydrogen) atoms. The molecule has 0 atom stereocenters. The van der Waals surface area contributed by atoms with Gasteiger partial charge in [-0.15, -0.1) is 0 Å². The summed E-state index contributed by atoms with van der Waals surface area (Å²) in [7, 11) is 1.63. The zero-order valence-electron chi connectivity index (χ0n) is 22.3. The number of rotatable bonds is 11. The summed E-state index contributed by atoms with van der Waals surface area (Å²) in [5.74, 6) is 0.0340. The molecule has 2 aromatic rings. The SMILES string of the molecule is COCCN(CC(=O)N(Cc1cccn1Cc1ccc(Br)cc1)C1CCCCC1)C(=O)CC(C)(C)C. The van der Waals surface area contributed by atoms with Crippen molar-refractivity contribution in [3.05, 3.63) is 58.3 Å². The number of ether oxygens (including phenoxy) is 1. The first-order valence-corrected chi connectivity index (χ1v) is 13.9. The third kappa shape index (κ3) is 8.77. The van der Waals surface area contributed by atoms with Crippen LogP contribution in [0.25, 0.3) is 0 Å². The van der Waals surface area contributed by atoms with E-state index in [4.69, 9.17) is 4.74 Å². The first-order valence-electron chi connectivity index (χ1n) is 13.1. The molecular weight excluding hydrogens is 518 g/mol. The summed E-state index contributed by atoms with van der Waals surface area (Å²) in [6.45, 7) is 8.41. The number of hydrogen-bond acceptors (Lipinski definition) is 3. The lowest BCUT2D eigenvalue weighted by atomic mass is 9.91. The second-order valence-electron chi connectivity index (χ2n) is 11.1. The van der Waals surface area contributed by atoms with Crippen LogP contribution in [0.1, 0.15) is 70.6 Å². The average molecular weight is 561 g/mol. The zero-order chi connectivity index (χ0) is 26.1. The summed E-state index contributed by atoms with van der Waals surface area (Å²) in [6, 6.07) is 12.7. The molecule has 1 saturated carbocycles. The molecule has 1 aromatic carbocycles. The Morgan fingerprint density at radius 2 is 1.75 bits per heavy atom. The Morgan fingerprint density at radius 1 is 1.06 bits per heavy atom. The Balaban J connectivity index is 1.78. The highest BCUT2D eigenvalue weighted by atomic mass is 79.9. The van der Waals surface area contributed by atoms with Gasteiger partial charge in [-0.2, -0.15) is 0 Å². The fourth-order valence-corrected chi connectivity index (χ4v) is 5.10. The Morgan fingerprint density at radius 3 is 2.39 bits per heavy atom. The average Bonchev–Trinajstić information content (AvgIpc) is 3.27. The topological polar surface area (TPSA) is 54.8 Å². The van der Waals surface area contributed by atoms with Gasteiger partial charge in [0.2, 0.25) is 11.8 Å². The van der Waals surface area contributed by atoms with Crippen LogP contribution in [0, 0.1) is 5.41 Å². The number of nitrogens with zero attached hydrogens (tertiary/aromatic N) is 3. The Labute approximate surface area is 225 Å². The van der Waals surface area contributed by atoms with Crippen molar-refractivity contribution in [2.45, 2.75) is 78.4 Å². The molecule has 0 unspecified atom stereocenters. The van der Waals surface area contributed by atoms with E-state index in [0.717, 1.165) is 42.4 Å². The number of aromatic nitrogens is 1. The van der Waals surface area contributed by atoms with Crippen LogP contribution in [0.3, 0.4) is 0 Å². The van der Waals surface area contributed by atoms with Gasteiger partial charge >= 0.3 is 0 Å². The van der Waals surface area contributed by atoms with Crippen LogP contribution in [0.15, 0.2) is 47.1 Å². The van der Waals surface area contributed by atoms with E-state index in [1.165, 1.54) is 12.0 Å². The van der Waals surface area contributed by atoms with Crippen molar-refractivity contribution in [3.63, 3.8) is 0 Å². The lowest BCUT2D eigenvalue weighted by molar-refractivity contribution is -0.144. The molecule has 0 N–H and O–H groups in total. The van der Waals surface area contributed by atoms with E-state index in [2.05, 4.69) is 83.9 Å². The van der Waals surface area contributed by atoms with Gasteiger partial charge in [0.1, 0.15) is 0 Å². The van der Waals surface area contributed by atoms with Crippen LogP contribution in [0.4, 0.5) is 0 Å². The largest absolute Gasteiger partial charge is 0.383 e. The molecule has 1 aliphatic carbocycles. The quantitative estimate of drug-likeness (QED) is 0.346. The first-order chi connectivity index (χ1) is 17.2. The molecule has 6 nitrogen and oxygen atoms in total. The molecule has 1 aliphatic rings. The molecule has 0 bridgehead atoms. The monoisotopic (exact) mass is 559 g/mol. The van der Waals surface area contributed by atoms with Gasteiger partial charge in [0, 0.05) is 49.0 Å². The number of benzene rings is 1. The summed E-state index contributed by atoms with van der Waals surface area (Å²) >= 11 is 3.50. The highest BCUT2D eigenvalue weighted by Gasteiger charge is 2.29. The molecule has 0 saturated heterocycles. The second-order valence-corrected chi connectivity index (χ2v) is 12.0. The van der Waals surface area contributed by atoms with Gasteiger partial charge in [0.25, 0.3) is 0 Å². The number of carbonyl (C=O) groups is 2. The van der Waals surface area contributed by atoms with Crippen molar-refractivity contribution in [2.75, 3.05) is 26.8 Å². The summed E-state index contributed by atoms with van der Waals surface area (Å²) in [5.41, 5.74) is 2.19. The molecule has 1 heterocycles. The van der Waals surface area contributed by atoms with Crippen LogP contribution in [0.5, 0.6) is 0 Å². The second kappa shape index (κ2) is 13.4. The summed E-state index contributed by atoms with van der Waals surface area (Å²) in [6.07, 6.45) is 8.04. The predicted molar refractivity (Wildman–Crippen MR) is 148 cm³/mol. The molecule has 0 radical (unpaired) electrons. The van der Waals surface area contributed by atoms with Crippen LogP contribution >= 0.6 is 15.9 Å². The Hall–Kier alpha value is -2.12. The standard InChI is InChI=1S/C29H42BrN3O3/c1-29(2,3)19-27(34)32(17-18-36-4)22-28(35)33(25-9-6-5-7-10-25)21-26-11-8-16-31(26)20-23-12-14-24(30)15-13-23/h8,11-16,25H,5-7,9-10,17-22H2,1-4H3. The normalized spacial score (nSPS) is 14.6. The lowest BCUT2D eigenvalue weighted by Gasteiger charge is -2.36. The summed E-state index contributed by atoms with van der Waals surface area (Å²) < 4.78 is 8.53. The molecule has 3 rings (SSSR count). The van der Waals surface area contributed by atoms with Gasteiger partial charge in [-0.25, -0.2) is 0 Å². The van der Waals surface area contributed by atoms with Crippen LogP contribution in [-0.4, -0.2) is 59.0 Å². The van der Waals surface area contributed by atoms with Crippen LogP contribution in [-0.2, 0) is 27.4 Å². The number of methoxy groups -OCH3 is 1. The van der Waals surface area contributed by atoms with E-state index in [-0.39, 0.29) is 29.8 Å². The highest BCUT2D eigenvalue weighted by molar-refractivity contribution is 9.10. The molecule has 198 valence electrons. The third-order valence-corrected chi connectivity index (χ3v) is 7.31. The van der Waals surface area contributed by atoms with Gasteiger partial charge in [-0.3, -0.25) is 9.59 Å². The Kier molecular flexibility index (Phi) is 10.6. The predicted octanol–water partition coefficient (Wildman–Crippen LogP) is 5.87. The Bertz CT molecular complexity index is 974. The van der Waals surface area contributed by atoms with E-state index < -0.39 is 0 Å². The van der Waals surface area contributed by atoms with Crippen molar-refractivity contribution in [2.24, 2.45) is 5.41 Å². The maximum Gasteiger partial charge on any atom is 0.242 e. The summed E-state index contributed by atoms with van der Waals surface area (Å²) in [5, 5.41) is 0. The van der Waals surface area contributed by atoms with Crippen molar-refractivity contribution in [1.82, 2.24) is 14.4 Å². The van der Waals surface area contributed by atoms with Crippen molar-refractivity contribution in [3.8, 4) is 0 Å². The molecule has 2 amide bonds. The van der Waals surface area contributed by atoms with Gasteiger partial charge in [0.15, 0.2) is 0 Å². The fraction of sp³-hybridized carbons (Fsp3) is 0.586. The van der Waals surface area contributed by atoms with Gasteiger partial charge in [-0.05, 0) is 48.1 Å². The highest BCUT2D eigenvalue weighted by Crippen LogP contribution is 2.26. The molecular formula is C29H42BrN3O3. The number of carbonyl (C=O) groups excluding carboxylic acids is 2. The van der Waals surface area contributed by atoms with E-state index in [9.17, 15) is 9.59 Å². The lowest BCUT2D eigenvalue weighted by Crippen LogP contribution is -2.48. The first kappa shape index (κ1) is 28.5. The number of hydrogen-bond donors (Lipinski definition) is 0. The summed E-state index contributed by atoms with van der Waals surface area (Å²) in [4.78, 5) is 30.6. The van der Waals surface area contributed by atoms with Gasteiger partial charge in [-0.1, -0.05) is 68.1 Å². The maximum atomic E-state index is 13.8. The fourth-order valence-electron chi connectivity index (χ4n) is 4.83. The van der Waals surface area contributed by atoms with Gasteiger partial charge < -0.3 is 19.1 Å². The minimum Gasteiger partial charge on any atom is -0.383 e. The molecule has 7 heteroatoms. The smallest absolute Gasteiger partial charge is 0.242 e. The van der Waals surface area contributed by atoms with Crippen LogP contribution < -0.4 is 0 Å². The van der Waals surface area contributed by atoms with Crippen molar-refractivity contribution >= 4 is 27.7 Å². The van der Waals surface area contributed by atoms with Gasteiger partial charge in [0.05, 0.1) is 19.7 Å². The number of amides is 2. The minimum absolute atomic E-state index is 0.00936. The van der Waals surface area contributed by atoms with E-state index in [1.54, 1.807) is 12.0 Å². The number of halogens is 1. The molecule has 0 spiro atoms. The van der Waals surface area contributed by atoms with Crippen LogP contribution in [0.2, 0.25) is 0 Å². The van der Waals surface area contributed by atoms with Crippen molar-refractivity contribution in [1.29, 1.82) is 0 Å². The molecule has 0 aliphatic heterocycles. The van der Waals surface area contributed by atoms with E-state index in [1.807, 2.05) is 4.90 Å². The molecule has 1 aromatic heterocycles.